The first kappa shape index (κ1) is 24.4. The van der Waals surface area contributed by atoms with Gasteiger partial charge in [0, 0.05) is 66.8 Å². The molecule has 190 valence electrons. The number of aliphatic hydroxyl groups excluding tert-OH is 1. The smallest absolute Gasteiger partial charge is 0.203 e. The van der Waals surface area contributed by atoms with Gasteiger partial charge in [-0.2, -0.15) is 0 Å². The molecule has 1 aliphatic heterocycles. The van der Waals surface area contributed by atoms with Gasteiger partial charge in [0.25, 0.3) is 0 Å². The number of benzene rings is 2. The number of para-hydroxylation sites is 1. The van der Waals surface area contributed by atoms with Gasteiger partial charge >= 0.3 is 0 Å². The Hall–Kier alpha value is -3.31. The second-order valence-electron chi connectivity index (χ2n) is 8.58. The third-order valence-electron chi connectivity index (χ3n) is 6.38. The molecule has 3 heterocycles. The Balaban J connectivity index is 1.41. The Morgan fingerprint density at radius 3 is 2.50 bits per heavy atom. The van der Waals surface area contributed by atoms with Crippen molar-refractivity contribution in [3.8, 4) is 28.5 Å². The number of aliphatic hydroxyl groups is 1. The molecule has 0 saturated carbocycles. The van der Waals surface area contributed by atoms with Gasteiger partial charge in [-0.1, -0.05) is 18.2 Å². The number of aromatic nitrogens is 2. The van der Waals surface area contributed by atoms with Gasteiger partial charge in [0.15, 0.2) is 22.7 Å². The quantitative estimate of drug-likeness (QED) is 0.295. The number of piperazine rings is 1. The lowest BCUT2D eigenvalue weighted by molar-refractivity contribution is 0.206. The highest BCUT2D eigenvalue weighted by Crippen LogP contribution is 2.40. The molecule has 0 aliphatic carbocycles. The summed E-state index contributed by atoms with van der Waals surface area (Å²) in [5.74, 6) is 1.44. The van der Waals surface area contributed by atoms with Gasteiger partial charge in [0.2, 0.25) is 5.75 Å². The lowest BCUT2D eigenvalue weighted by Crippen LogP contribution is -2.43. The van der Waals surface area contributed by atoms with Crippen molar-refractivity contribution < 1.29 is 19.3 Å². The molecule has 10 heteroatoms. The molecule has 36 heavy (non-hydrogen) atoms. The maximum absolute atomic E-state index is 11.1. The molecule has 4 aromatic rings. The molecule has 9 nitrogen and oxygen atoms in total. The number of hydrogen-bond acceptors (Lipinski definition) is 9. The zero-order chi connectivity index (χ0) is 25.1. The minimum absolute atomic E-state index is 0.478. The fraction of sp³-hybridized carbons (Fsp3) is 0.346. The molecular formula is C26H31N5O4S. The first-order chi connectivity index (χ1) is 17.6. The van der Waals surface area contributed by atoms with E-state index in [0.717, 1.165) is 54.6 Å². The van der Waals surface area contributed by atoms with Crippen LogP contribution in [0.1, 0.15) is 17.5 Å². The van der Waals surface area contributed by atoms with Gasteiger partial charge in [-0.15, -0.1) is 11.3 Å². The Labute approximate surface area is 214 Å². The van der Waals surface area contributed by atoms with E-state index < -0.39 is 6.23 Å². The topological polar surface area (TPSA) is 92.5 Å². The molecule has 0 spiro atoms. The van der Waals surface area contributed by atoms with Crippen LogP contribution in [0.15, 0.2) is 48.0 Å². The third kappa shape index (κ3) is 4.85. The largest absolute Gasteiger partial charge is 0.493 e. The molecule has 3 N–H and O–H groups in total. The van der Waals surface area contributed by atoms with Crippen LogP contribution in [0.25, 0.3) is 16.2 Å². The van der Waals surface area contributed by atoms with E-state index in [-0.39, 0.29) is 0 Å². The number of ether oxygens (including phenoxy) is 3. The van der Waals surface area contributed by atoms with E-state index in [1.54, 1.807) is 44.8 Å². The molecule has 1 unspecified atom stereocenters. The number of thiazole rings is 1. The number of nitrogens with one attached hydrogen (secondary N) is 2. The predicted octanol–water partition coefficient (Wildman–Crippen LogP) is 3.60. The second-order valence-corrected chi connectivity index (χ2v) is 9.42. The SMILES string of the molecule is COc1cc(C(O)Nc2ccccc2-c2cn3c(CN4CCNCC4)csc3n2)cc(OC)c1OC. The van der Waals surface area contributed by atoms with Crippen LogP contribution in [0.2, 0.25) is 0 Å². The number of methoxy groups -OCH3 is 3. The second kappa shape index (κ2) is 10.8. The van der Waals surface area contributed by atoms with Crippen LogP contribution < -0.4 is 24.8 Å². The standard InChI is InChI=1S/C26H31N5O4S/c1-33-22-12-17(13-23(34-2)24(22)35-3)25(32)28-20-7-5-4-6-19(20)21-15-31-18(16-36-26(31)29-21)14-30-10-8-27-9-11-30/h4-7,12-13,15-16,25,27-28,32H,8-11,14H2,1-3H3. The number of imidazole rings is 1. The average Bonchev–Trinajstić information content (AvgIpc) is 3.50. The minimum Gasteiger partial charge on any atom is -0.493 e. The Morgan fingerprint density at radius 2 is 1.81 bits per heavy atom. The summed E-state index contributed by atoms with van der Waals surface area (Å²) in [4.78, 5) is 8.30. The molecular weight excluding hydrogens is 478 g/mol. The zero-order valence-electron chi connectivity index (χ0n) is 20.7. The van der Waals surface area contributed by atoms with Crippen molar-refractivity contribution in [3.05, 3.63) is 59.2 Å². The van der Waals surface area contributed by atoms with Crippen LogP contribution in [0.4, 0.5) is 5.69 Å². The summed E-state index contributed by atoms with van der Waals surface area (Å²) in [6, 6.07) is 11.3. The lowest BCUT2D eigenvalue weighted by atomic mass is 10.1. The van der Waals surface area contributed by atoms with E-state index in [0.29, 0.717) is 22.8 Å². The Morgan fingerprint density at radius 1 is 1.08 bits per heavy atom. The van der Waals surface area contributed by atoms with Crippen LogP contribution >= 0.6 is 11.3 Å². The zero-order valence-corrected chi connectivity index (χ0v) is 21.5. The minimum atomic E-state index is -1.01. The van der Waals surface area contributed by atoms with Gasteiger partial charge in [-0.05, 0) is 18.2 Å². The van der Waals surface area contributed by atoms with E-state index in [1.165, 1.54) is 5.69 Å². The van der Waals surface area contributed by atoms with E-state index >= 15 is 0 Å². The number of hydrogen-bond donors (Lipinski definition) is 3. The highest BCUT2D eigenvalue weighted by atomic mass is 32.1. The molecule has 2 aromatic heterocycles. The first-order valence-electron chi connectivity index (χ1n) is 11.8. The van der Waals surface area contributed by atoms with Crippen molar-refractivity contribution in [3.63, 3.8) is 0 Å². The molecule has 0 amide bonds. The Kier molecular flexibility index (Phi) is 7.28. The van der Waals surface area contributed by atoms with Gasteiger partial charge in [0.1, 0.15) is 0 Å². The highest BCUT2D eigenvalue weighted by molar-refractivity contribution is 7.15. The predicted molar refractivity (Wildman–Crippen MR) is 141 cm³/mol. The fourth-order valence-corrected chi connectivity index (χ4v) is 5.36. The number of nitrogens with zero attached hydrogens (tertiary/aromatic N) is 3. The molecule has 2 aromatic carbocycles. The van der Waals surface area contributed by atoms with Gasteiger partial charge < -0.3 is 30.0 Å². The van der Waals surface area contributed by atoms with Crippen LogP contribution in [0, 0.1) is 0 Å². The van der Waals surface area contributed by atoms with E-state index in [9.17, 15) is 5.11 Å². The monoisotopic (exact) mass is 509 g/mol. The summed E-state index contributed by atoms with van der Waals surface area (Å²) < 4.78 is 18.5. The summed E-state index contributed by atoms with van der Waals surface area (Å²) in [6.45, 7) is 5.04. The van der Waals surface area contributed by atoms with Gasteiger partial charge in [-0.3, -0.25) is 9.30 Å². The van der Waals surface area contributed by atoms with Crippen molar-refractivity contribution in [2.75, 3.05) is 52.8 Å². The first-order valence-corrected chi connectivity index (χ1v) is 12.7. The van der Waals surface area contributed by atoms with Crippen LogP contribution in [-0.2, 0) is 6.54 Å². The van der Waals surface area contributed by atoms with E-state index in [1.807, 2.05) is 24.3 Å². The Bertz CT molecular complexity index is 1310. The van der Waals surface area contributed by atoms with Crippen molar-refractivity contribution in [1.29, 1.82) is 0 Å². The van der Waals surface area contributed by atoms with E-state index in [2.05, 4.69) is 31.5 Å². The lowest BCUT2D eigenvalue weighted by Gasteiger charge is -2.26. The van der Waals surface area contributed by atoms with Crippen LogP contribution in [0.3, 0.4) is 0 Å². The fourth-order valence-electron chi connectivity index (χ4n) is 4.49. The summed E-state index contributed by atoms with van der Waals surface area (Å²) >= 11 is 1.65. The summed E-state index contributed by atoms with van der Waals surface area (Å²) in [5.41, 5.74) is 4.35. The van der Waals surface area contributed by atoms with E-state index in [4.69, 9.17) is 19.2 Å². The maximum atomic E-state index is 11.1. The third-order valence-corrected chi connectivity index (χ3v) is 7.27. The van der Waals surface area contributed by atoms with Gasteiger partial charge in [-0.25, -0.2) is 4.98 Å². The molecule has 1 aliphatic rings. The summed E-state index contributed by atoms with van der Waals surface area (Å²) in [6.07, 6.45) is 1.07. The molecule has 1 saturated heterocycles. The van der Waals surface area contributed by atoms with Crippen molar-refractivity contribution in [2.24, 2.45) is 0 Å². The van der Waals surface area contributed by atoms with Crippen molar-refractivity contribution >= 4 is 22.0 Å². The van der Waals surface area contributed by atoms with Crippen molar-refractivity contribution in [1.82, 2.24) is 19.6 Å². The summed E-state index contributed by atoms with van der Waals surface area (Å²) in [7, 11) is 4.66. The number of fused-ring (bicyclic) bond motifs is 1. The average molecular weight is 510 g/mol. The molecule has 5 rings (SSSR count). The molecule has 1 fully saturated rings. The number of rotatable bonds is 9. The molecule has 1 atom stereocenters. The maximum Gasteiger partial charge on any atom is 0.203 e. The van der Waals surface area contributed by atoms with Crippen LogP contribution in [0.5, 0.6) is 17.2 Å². The number of anilines is 1. The highest BCUT2D eigenvalue weighted by Gasteiger charge is 2.20. The van der Waals surface area contributed by atoms with Crippen molar-refractivity contribution in [2.45, 2.75) is 12.8 Å². The molecule has 0 bridgehead atoms. The summed E-state index contributed by atoms with van der Waals surface area (Å²) in [5, 5.41) is 19.9. The normalized spacial score (nSPS) is 15.1. The molecule has 0 radical (unpaired) electrons. The van der Waals surface area contributed by atoms with Gasteiger partial charge in [0.05, 0.1) is 27.0 Å². The van der Waals surface area contributed by atoms with Crippen LogP contribution in [-0.4, -0.2) is 66.9 Å².